The molecule has 2 aromatic carbocycles. The maximum Gasteiger partial charge on any atom is 0.0774 e. The molecule has 1 aliphatic rings. The number of hydrogen-bond acceptors (Lipinski definition) is 2. The third kappa shape index (κ3) is 2.54. The van der Waals surface area contributed by atoms with E-state index in [1.807, 2.05) is 24.3 Å². The van der Waals surface area contributed by atoms with E-state index in [4.69, 9.17) is 11.6 Å². The minimum absolute atomic E-state index is 0.0323. The van der Waals surface area contributed by atoms with Crippen LogP contribution in [0, 0.1) is 0 Å². The van der Waals surface area contributed by atoms with Gasteiger partial charge in [-0.25, -0.2) is 0 Å². The highest BCUT2D eigenvalue weighted by Crippen LogP contribution is 2.34. The van der Waals surface area contributed by atoms with Gasteiger partial charge >= 0.3 is 0 Å². The summed E-state index contributed by atoms with van der Waals surface area (Å²) in [5, 5.41) is 10.6. The molecule has 0 aliphatic carbocycles. The second-order valence-corrected chi connectivity index (χ2v) is 5.62. The minimum Gasteiger partial charge on any atom is -0.394 e. The summed E-state index contributed by atoms with van der Waals surface area (Å²) in [4.78, 5) is 2.30. The molecule has 2 nitrogen and oxygen atoms in total. The lowest BCUT2D eigenvalue weighted by Gasteiger charge is -2.37. The largest absolute Gasteiger partial charge is 0.394 e. The Morgan fingerprint density at radius 2 is 2.00 bits per heavy atom. The predicted molar refractivity (Wildman–Crippen MR) is 83.4 cm³/mol. The van der Waals surface area contributed by atoms with Gasteiger partial charge in [-0.2, -0.15) is 0 Å². The maximum atomic E-state index is 9.86. The number of aliphatic hydroxyl groups excluding tert-OH is 1. The topological polar surface area (TPSA) is 23.5 Å². The molecule has 1 N–H and O–H groups in total. The highest BCUT2D eigenvalue weighted by atomic mass is 35.5. The van der Waals surface area contributed by atoms with Crippen LogP contribution in [0.3, 0.4) is 0 Å². The Labute approximate surface area is 124 Å². The number of aliphatic hydroxyl groups is 1. The van der Waals surface area contributed by atoms with Crippen molar-refractivity contribution in [3.63, 3.8) is 0 Å². The summed E-state index contributed by atoms with van der Waals surface area (Å²) in [6.07, 6.45) is 2.23. The van der Waals surface area contributed by atoms with Crippen LogP contribution in [0.15, 0.2) is 48.5 Å². The van der Waals surface area contributed by atoms with Crippen molar-refractivity contribution in [3.8, 4) is 0 Å². The van der Waals surface area contributed by atoms with E-state index in [0.29, 0.717) is 5.02 Å². The molecule has 0 spiro atoms. The van der Waals surface area contributed by atoms with Crippen LogP contribution in [0.25, 0.3) is 0 Å². The second-order valence-electron chi connectivity index (χ2n) is 5.18. The molecule has 1 unspecified atom stereocenters. The molecule has 3 heteroatoms. The Hall–Kier alpha value is -1.51. The maximum absolute atomic E-state index is 9.86. The van der Waals surface area contributed by atoms with Gasteiger partial charge in [-0.3, -0.25) is 0 Å². The number of para-hydroxylation sites is 1. The fourth-order valence-electron chi connectivity index (χ4n) is 2.98. The molecule has 104 valence electrons. The van der Waals surface area contributed by atoms with Crippen molar-refractivity contribution < 1.29 is 5.11 Å². The number of fused-ring (bicyclic) bond motifs is 1. The number of anilines is 1. The third-order valence-corrected chi connectivity index (χ3v) is 4.16. The van der Waals surface area contributed by atoms with Crippen molar-refractivity contribution in [2.24, 2.45) is 0 Å². The molecule has 0 bridgehead atoms. The molecule has 0 amide bonds. The van der Waals surface area contributed by atoms with E-state index in [9.17, 15) is 5.11 Å². The zero-order valence-corrected chi connectivity index (χ0v) is 12.1. The first-order valence-corrected chi connectivity index (χ1v) is 7.38. The molecule has 0 saturated heterocycles. The predicted octanol–water partition coefficient (Wildman–Crippen LogP) is 3.83. The van der Waals surface area contributed by atoms with Gasteiger partial charge in [-0.05, 0) is 42.2 Å². The minimum atomic E-state index is -0.0323. The lowest BCUT2D eigenvalue weighted by molar-refractivity contribution is 0.259. The SMILES string of the molecule is OCC(c1cccc(Cl)c1)N1CCCc2ccccc21. The van der Waals surface area contributed by atoms with Crippen LogP contribution >= 0.6 is 11.6 Å². The highest BCUT2D eigenvalue weighted by molar-refractivity contribution is 6.30. The van der Waals surface area contributed by atoms with Crippen molar-refractivity contribution in [1.29, 1.82) is 0 Å². The molecule has 1 atom stereocenters. The van der Waals surface area contributed by atoms with E-state index in [0.717, 1.165) is 24.9 Å². The molecule has 1 heterocycles. The van der Waals surface area contributed by atoms with Gasteiger partial charge in [0, 0.05) is 17.3 Å². The number of hydrogen-bond donors (Lipinski definition) is 1. The van der Waals surface area contributed by atoms with Crippen molar-refractivity contribution in [2.75, 3.05) is 18.1 Å². The van der Waals surface area contributed by atoms with Crippen LogP contribution in [0.4, 0.5) is 5.69 Å². The van der Waals surface area contributed by atoms with E-state index in [2.05, 4.69) is 29.2 Å². The Balaban J connectivity index is 1.99. The van der Waals surface area contributed by atoms with Crippen LogP contribution in [0.5, 0.6) is 0 Å². The lowest BCUT2D eigenvalue weighted by Crippen LogP contribution is -2.35. The first-order valence-electron chi connectivity index (χ1n) is 7.00. The number of rotatable bonds is 3. The molecule has 0 fully saturated rings. The van der Waals surface area contributed by atoms with Crippen LogP contribution < -0.4 is 4.90 Å². The summed E-state index contributed by atoms with van der Waals surface area (Å²) in [5.41, 5.74) is 3.66. The summed E-state index contributed by atoms with van der Waals surface area (Å²) in [7, 11) is 0. The van der Waals surface area contributed by atoms with Gasteiger partial charge in [0.05, 0.1) is 12.6 Å². The van der Waals surface area contributed by atoms with Crippen molar-refractivity contribution in [2.45, 2.75) is 18.9 Å². The standard InChI is InChI=1S/C17H18ClNO/c18-15-8-3-6-14(11-15)17(12-20)19-10-4-7-13-5-1-2-9-16(13)19/h1-3,5-6,8-9,11,17,20H,4,7,10,12H2. The summed E-state index contributed by atoms with van der Waals surface area (Å²) in [6.45, 7) is 1.06. The molecule has 0 saturated carbocycles. The fraction of sp³-hybridized carbons (Fsp3) is 0.294. The van der Waals surface area contributed by atoms with E-state index in [1.54, 1.807) is 0 Å². The number of benzene rings is 2. The van der Waals surface area contributed by atoms with E-state index >= 15 is 0 Å². The molecule has 0 aromatic heterocycles. The summed E-state index contributed by atoms with van der Waals surface area (Å²) < 4.78 is 0. The number of nitrogens with zero attached hydrogens (tertiary/aromatic N) is 1. The fourth-order valence-corrected chi connectivity index (χ4v) is 3.18. The summed E-state index contributed by atoms with van der Waals surface area (Å²) in [5.74, 6) is 0. The van der Waals surface area contributed by atoms with Gasteiger partial charge in [0.1, 0.15) is 0 Å². The normalized spacial score (nSPS) is 15.8. The molecule has 2 aromatic rings. The molecular formula is C17H18ClNO. The Bertz CT molecular complexity index is 599. The second kappa shape index (κ2) is 5.86. The van der Waals surface area contributed by atoms with Gasteiger partial charge in [0.25, 0.3) is 0 Å². The average molecular weight is 288 g/mol. The van der Waals surface area contributed by atoms with Gasteiger partial charge < -0.3 is 10.0 Å². The van der Waals surface area contributed by atoms with E-state index in [-0.39, 0.29) is 12.6 Å². The van der Waals surface area contributed by atoms with Gasteiger partial charge in [-0.15, -0.1) is 0 Å². The number of halogens is 1. The van der Waals surface area contributed by atoms with Crippen molar-refractivity contribution in [1.82, 2.24) is 0 Å². The molecule has 1 aliphatic heterocycles. The van der Waals surface area contributed by atoms with Crippen molar-refractivity contribution in [3.05, 3.63) is 64.7 Å². The Morgan fingerprint density at radius 3 is 2.80 bits per heavy atom. The third-order valence-electron chi connectivity index (χ3n) is 3.93. The molecule has 3 rings (SSSR count). The molecule has 0 radical (unpaired) electrons. The van der Waals surface area contributed by atoms with E-state index in [1.165, 1.54) is 11.3 Å². The Morgan fingerprint density at radius 1 is 1.15 bits per heavy atom. The average Bonchev–Trinajstić information content (AvgIpc) is 2.48. The zero-order chi connectivity index (χ0) is 13.9. The van der Waals surface area contributed by atoms with E-state index < -0.39 is 0 Å². The van der Waals surface area contributed by atoms with Crippen LogP contribution in [0.1, 0.15) is 23.6 Å². The van der Waals surface area contributed by atoms with Gasteiger partial charge in [0.15, 0.2) is 0 Å². The van der Waals surface area contributed by atoms with Crippen LogP contribution in [-0.2, 0) is 6.42 Å². The van der Waals surface area contributed by atoms with Gasteiger partial charge in [-0.1, -0.05) is 41.9 Å². The zero-order valence-electron chi connectivity index (χ0n) is 11.3. The quantitative estimate of drug-likeness (QED) is 0.927. The smallest absolute Gasteiger partial charge is 0.0774 e. The van der Waals surface area contributed by atoms with Gasteiger partial charge in [0.2, 0.25) is 0 Å². The first kappa shape index (κ1) is 13.5. The monoisotopic (exact) mass is 287 g/mol. The summed E-state index contributed by atoms with van der Waals surface area (Å²) in [6, 6.07) is 16.2. The van der Waals surface area contributed by atoms with Crippen LogP contribution in [-0.4, -0.2) is 18.3 Å². The molecule has 20 heavy (non-hydrogen) atoms. The first-order chi connectivity index (χ1) is 9.79. The molecular weight excluding hydrogens is 270 g/mol. The Kier molecular flexibility index (Phi) is 3.95. The lowest BCUT2D eigenvalue weighted by atomic mass is 9.97. The van der Waals surface area contributed by atoms with Crippen LogP contribution in [0.2, 0.25) is 5.02 Å². The summed E-state index contributed by atoms with van der Waals surface area (Å²) >= 11 is 6.08. The van der Waals surface area contributed by atoms with Crippen molar-refractivity contribution >= 4 is 17.3 Å². The number of aryl methyl sites for hydroxylation is 1. The highest BCUT2D eigenvalue weighted by Gasteiger charge is 2.24.